The molecule has 9 heteroatoms. The molecule has 0 spiro atoms. The first-order valence-corrected chi connectivity index (χ1v) is 12.1. The molecule has 0 fully saturated rings. The van der Waals surface area contributed by atoms with Gasteiger partial charge in [-0.15, -0.1) is 0 Å². The van der Waals surface area contributed by atoms with Gasteiger partial charge in [-0.2, -0.15) is 5.26 Å². The van der Waals surface area contributed by atoms with Crippen molar-refractivity contribution in [2.75, 3.05) is 0 Å². The molecular weight excluding hydrogens is 501 g/mol. The van der Waals surface area contributed by atoms with E-state index in [9.17, 15) is 19.5 Å². The van der Waals surface area contributed by atoms with Crippen LogP contribution in [0.15, 0.2) is 60.3 Å². The molecule has 186 valence electrons. The van der Waals surface area contributed by atoms with Gasteiger partial charge in [0.1, 0.15) is 6.04 Å². The SMILES string of the molecule is CCc1cccc(Cl)c1C(=O)NC(CC1C=CC(NC(=O)c2cc(C#N)ccc2Cl)=CC1C)C(=O)O. The lowest BCUT2D eigenvalue weighted by Gasteiger charge is -2.26. The van der Waals surface area contributed by atoms with Gasteiger partial charge in [0.15, 0.2) is 0 Å². The van der Waals surface area contributed by atoms with Gasteiger partial charge in [0.2, 0.25) is 0 Å². The highest BCUT2D eigenvalue weighted by Gasteiger charge is 2.29. The number of nitrogens with one attached hydrogen (secondary N) is 2. The van der Waals surface area contributed by atoms with Crippen LogP contribution in [-0.2, 0) is 11.2 Å². The van der Waals surface area contributed by atoms with Gasteiger partial charge < -0.3 is 15.7 Å². The zero-order valence-electron chi connectivity index (χ0n) is 19.7. The first-order valence-electron chi connectivity index (χ1n) is 11.4. The van der Waals surface area contributed by atoms with E-state index in [0.717, 1.165) is 5.56 Å². The summed E-state index contributed by atoms with van der Waals surface area (Å²) in [5.41, 5.74) is 2.04. The molecule has 0 aromatic heterocycles. The molecular formula is C27H25Cl2N3O4. The number of carbonyl (C=O) groups excluding carboxylic acids is 2. The highest BCUT2D eigenvalue weighted by atomic mass is 35.5. The van der Waals surface area contributed by atoms with Crippen molar-refractivity contribution in [1.82, 2.24) is 10.6 Å². The zero-order chi connectivity index (χ0) is 26.4. The third kappa shape index (κ3) is 6.34. The summed E-state index contributed by atoms with van der Waals surface area (Å²) in [6.45, 7) is 3.79. The maximum atomic E-state index is 12.9. The predicted molar refractivity (Wildman–Crippen MR) is 138 cm³/mol. The molecule has 3 rings (SSSR count). The van der Waals surface area contributed by atoms with Gasteiger partial charge in [-0.3, -0.25) is 9.59 Å². The van der Waals surface area contributed by atoms with Crippen molar-refractivity contribution in [3.05, 3.63) is 92.6 Å². The van der Waals surface area contributed by atoms with Crippen LogP contribution in [0.25, 0.3) is 0 Å². The number of aryl methyl sites for hydroxylation is 1. The molecule has 3 unspecified atom stereocenters. The molecule has 0 radical (unpaired) electrons. The van der Waals surface area contributed by atoms with Crippen LogP contribution in [0.2, 0.25) is 10.0 Å². The fourth-order valence-electron chi connectivity index (χ4n) is 4.05. The smallest absolute Gasteiger partial charge is 0.326 e. The van der Waals surface area contributed by atoms with E-state index in [0.29, 0.717) is 17.7 Å². The normalized spacial score (nSPS) is 17.5. The average molecular weight is 526 g/mol. The number of halogens is 2. The Kier molecular flexibility index (Phi) is 8.92. The minimum Gasteiger partial charge on any atom is -0.480 e. The van der Waals surface area contributed by atoms with Crippen LogP contribution in [0.1, 0.15) is 52.1 Å². The molecule has 1 aliphatic rings. The minimum absolute atomic E-state index is 0.128. The predicted octanol–water partition coefficient (Wildman–Crippen LogP) is 5.14. The summed E-state index contributed by atoms with van der Waals surface area (Å²) in [5.74, 6) is -2.46. The van der Waals surface area contributed by atoms with Crippen molar-refractivity contribution < 1.29 is 19.5 Å². The Balaban J connectivity index is 1.69. The van der Waals surface area contributed by atoms with Gasteiger partial charge >= 0.3 is 5.97 Å². The van der Waals surface area contributed by atoms with Crippen molar-refractivity contribution in [2.24, 2.45) is 11.8 Å². The van der Waals surface area contributed by atoms with Crippen LogP contribution in [0.5, 0.6) is 0 Å². The fourth-order valence-corrected chi connectivity index (χ4v) is 4.53. The number of carbonyl (C=O) groups is 3. The largest absolute Gasteiger partial charge is 0.480 e. The first-order chi connectivity index (χ1) is 17.1. The second kappa shape index (κ2) is 11.9. The van der Waals surface area contributed by atoms with Gasteiger partial charge in [0, 0.05) is 5.70 Å². The number of carboxylic acids is 1. The standard InChI is InChI=1S/C27H25Cl2N3O4/c1-3-17-5-4-6-22(29)24(17)26(34)32-23(27(35)36)13-18-8-9-19(11-15(18)2)31-25(33)20-12-16(14-30)7-10-21(20)28/h4-12,15,18,23H,3,13H2,1-2H3,(H,31,33)(H,32,34)(H,35,36). The third-order valence-corrected chi connectivity index (χ3v) is 6.70. The fraction of sp³-hybridized carbons (Fsp3) is 0.259. The van der Waals surface area contributed by atoms with E-state index in [1.807, 2.05) is 32.1 Å². The van der Waals surface area contributed by atoms with E-state index in [1.165, 1.54) is 18.2 Å². The Hall–Kier alpha value is -3.60. The summed E-state index contributed by atoms with van der Waals surface area (Å²) in [6, 6.07) is 10.4. The van der Waals surface area contributed by atoms with Gasteiger partial charge in [-0.05, 0) is 60.6 Å². The van der Waals surface area contributed by atoms with Gasteiger partial charge in [0.25, 0.3) is 11.8 Å². The Labute approximate surface area is 219 Å². The number of hydrogen-bond acceptors (Lipinski definition) is 4. The van der Waals surface area contributed by atoms with Crippen molar-refractivity contribution >= 4 is 41.0 Å². The molecule has 7 nitrogen and oxygen atoms in total. The van der Waals surface area contributed by atoms with Crippen LogP contribution < -0.4 is 10.6 Å². The van der Waals surface area contributed by atoms with Crippen LogP contribution in [0.4, 0.5) is 0 Å². The molecule has 2 aromatic rings. The molecule has 0 saturated heterocycles. The molecule has 0 aliphatic heterocycles. The summed E-state index contributed by atoms with van der Waals surface area (Å²) < 4.78 is 0. The zero-order valence-corrected chi connectivity index (χ0v) is 21.2. The van der Waals surface area contributed by atoms with E-state index in [1.54, 1.807) is 24.3 Å². The van der Waals surface area contributed by atoms with Crippen molar-refractivity contribution in [2.45, 2.75) is 32.7 Å². The maximum Gasteiger partial charge on any atom is 0.326 e. The lowest BCUT2D eigenvalue weighted by molar-refractivity contribution is -0.139. The number of nitrogens with zero attached hydrogens (tertiary/aromatic N) is 1. The summed E-state index contributed by atoms with van der Waals surface area (Å²) in [4.78, 5) is 37.5. The van der Waals surface area contributed by atoms with Crippen molar-refractivity contribution in [3.8, 4) is 6.07 Å². The van der Waals surface area contributed by atoms with E-state index in [4.69, 9.17) is 28.5 Å². The van der Waals surface area contributed by atoms with Crippen molar-refractivity contribution in [1.29, 1.82) is 5.26 Å². The van der Waals surface area contributed by atoms with E-state index >= 15 is 0 Å². The monoisotopic (exact) mass is 525 g/mol. The maximum absolute atomic E-state index is 12.9. The molecule has 2 aromatic carbocycles. The van der Waals surface area contributed by atoms with Crippen molar-refractivity contribution in [3.63, 3.8) is 0 Å². The minimum atomic E-state index is -1.15. The Morgan fingerprint density at radius 1 is 1.14 bits per heavy atom. The second-order valence-corrected chi connectivity index (χ2v) is 9.31. The topological polar surface area (TPSA) is 119 Å². The second-order valence-electron chi connectivity index (χ2n) is 8.49. The molecule has 3 atom stereocenters. The molecule has 1 aliphatic carbocycles. The van der Waals surface area contributed by atoms with Gasteiger partial charge in [-0.25, -0.2) is 4.79 Å². The lowest BCUT2D eigenvalue weighted by Crippen LogP contribution is -2.43. The van der Waals surface area contributed by atoms with Gasteiger partial charge in [0.05, 0.1) is 32.8 Å². The number of carboxylic acid groups (broad SMARTS) is 1. The van der Waals surface area contributed by atoms with E-state index in [-0.39, 0.29) is 39.4 Å². The van der Waals surface area contributed by atoms with Gasteiger partial charge in [-0.1, -0.05) is 61.3 Å². The Bertz CT molecular complexity index is 1300. The quantitative estimate of drug-likeness (QED) is 0.440. The Morgan fingerprint density at radius 2 is 1.89 bits per heavy atom. The van der Waals surface area contributed by atoms with E-state index < -0.39 is 23.8 Å². The molecule has 36 heavy (non-hydrogen) atoms. The molecule has 0 saturated carbocycles. The summed E-state index contributed by atoms with van der Waals surface area (Å²) in [7, 11) is 0. The highest BCUT2D eigenvalue weighted by molar-refractivity contribution is 6.34. The van der Waals surface area contributed by atoms with Crippen LogP contribution in [0.3, 0.4) is 0 Å². The number of aliphatic carboxylic acids is 1. The number of nitriles is 1. The number of allylic oxidation sites excluding steroid dienone is 3. The van der Waals surface area contributed by atoms with Crippen LogP contribution >= 0.6 is 23.2 Å². The summed E-state index contributed by atoms with van der Waals surface area (Å²) in [6.07, 6.45) is 6.04. The molecule has 0 heterocycles. The van der Waals surface area contributed by atoms with Crippen LogP contribution in [-0.4, -0.2) is 28.9 Å². The number of hydrogen-bond donors (Lipinski definition) is 3. The number of rotatable bonds is 8. The molecule has 0 bridgehead atoms. The number of benzene rings is 2. The Morgan fingerprint density at radius 3 is 2.53 bits per heavy atom. The molecule has 3 N–H and O–H groups in total. The van der Waals surface area contributed by atoms with Crippen LogP contribution in [0, 0.1) is 23.2 Å². The lowest BCUT2D eigenvalue weighted by atomic mass is 9.84. The summed E-state index contributed by atoms with van der Waals surface area (Å²) >= 11 is 12.3. The first kappa shape index (κ1) is 27.0. The molecule has 2 amide bonds. The van der Waals surface area contributed by atoms with E-state index in [2.05, 4.69) is 10.6 Å². The number of amides is 2. The average Bonchev–Trinajstić information content (AvgIpc) is 2.84. The highest BCUT2D eigenvalue weighted by Crippen LogP contribution is 2.27. The third-order valence-electron chi connectivity index (χ3n) is 6.06. The summed E-state index contributed by atoms with van der Waals surface area (Å²) in [5, 5.41) is 24.7.